The van der Waals surface area contributed by atoms with Crippen molar-refractivity contribution in [2.24, 2.45) is 10.9 Å². The van der Waals surface area contributed by atoms with Crippen LogP contribution < -0.4 is 0 Å². The number of aliphatic imine (C=N–C) groups is 1. The summed E-state index contributed by atoms with van der Waals surface area (Å²) in [5.74, 6) is 0.495. The predicted octanol–water partition coefficient (Wildman–Crippen LogP) is 2.85. The summed E-state index contributed by atoms with van der Waals surface area (Å²) >= 11 is 0. The summed E-state index contributed by atoms with van der Waals surface area (Å²) in [6, 6.07) is 0. The SMILES string of the molecule is C=C/C(C)=C\C(=NC)C(C)C. The monoisotopic (exact) mass is 151 g/mol. The summed E-state index contributed by atoms with van der Waals surface area (Å²) in [6.45, 7) is 9.98. The fraction of sp³-hybridized carbons (Fsp3) is 0.500. The van der Waals surface area contributed by atoms with Crippen LogP contribution in [0.4, 0.5) is 0 Å². The van der Waals surface area contributed by atoms with E-state index < -0.39 is 0 Å². The number of allylic oxidation sites excluding steroid dienone is 3. The maximum Gasteiger partial charge on any atom is 0.0372 e. The van der Waals surface area contributed by atoms with E-state index in [0.717, 1.165) is 5.71 Å². The Hall–Kier alpha value is -0.850. The van der Waals surface area contributed by atoms with Crippen LogP contribution in [0.25, 0.3) is 0 Å². The second-order valence-corrected chi connectivity index (χ2v) is 2.90. The lowest BCUT2D eigenvalue weighted by Crippen LogP contribution is -2.03. The standard InChI is InChI=1S/C10H17N/c1-6-9(4)7-10(11-5)8(2)3/h6-8H,1H2,2-5H3/b9-7-,11-10?. The second-order valence-electron chi connectivity index (χ2n) is 2.90. The van der Waals surface area contributed by atoms with Crippen LogP contribution in [0.1, 0.15) is 20.8 Å². The molecule has 0 saturated carbocycles. The van der Waals surface area contributed by atoms with Crippen molar-refractivity contribution in [2.75, 3.05) is 7.05 Å². The average molecular weight is 151 g/mol. The van der Waals surface area contributed by atoms with Gasteiger partial charge in [-0.25, -0.2) is 0 Å². The van der Waals surface area contributed by atoms with Gasteiger partial charge in [-0.15, -0.1) is 0 Å². The van der Waals surface area contributed by atoms with Crippen molar-refractivity contribution < 1.29 is 0 Å². The van der Waals surface area contributed by atoms with Crippen molar-refractivity contribution in [3.8, 4) is 0 Å². The molecule has 0 bridgehead atoms. The maximum atomic E-state index is 4.17. The van der Waals surface area contributed by atoms with E-state index in [1.807, 2.05) is 20.0 Å². The highest BCUT2D eigenvalue weighted by Crippen LogP contribution is 2.02. The van der Waals surface area contributed by atoms with E-state index in [4.69, 9.17) is 0 Å². The van der Waals surface area contributed by atoms with Gasteiger partial charge in [-0.1, -0.05) is 26.5 Å². The van der Waals surface area contributed by atoms with E-state index in [1.165, 1.54) is 5.57 Å². The Labute approximate surface area is 69.5 Å². The van der Waals surface area contributed by atoms with Gasteiger partial charge in [0.1, 0.15) is 0 Å². The van der Waals surface area contributed by atoms with Crippen LogP contribution in [-0.4, -0.2) is 12.8 Å². The van der Waals surface area contributed by atoms with Gasteiger partial charge in [-0.3, -0.25) is 4.99 Å². The van der Waals surface area contributed by atoms with E-state index in [2.05, 4.69) is 31.5 Å². The minimum atomic E-state index is 0.495. The van der Waals surface area contributed by atoms with Crippen LogP contribution in [-0.2, 0) is 0 Å². The first-order valence-electron chi connectivity index (χ1n) is 3.89. The summed E-state index contributed by atoms with van der Waals surface area (Å²) in [4.78, 5) is 4.17. The molecule has 0 fully saturated rings. The molecule has 0 saturated heterocycles. The fourth-order valence-corrected chi connectivity index (χ4v) is 0.782. The molecule has 1 heteroatoms. The van der Waals surface area contributed by atoms with Crippen LogP contribution in [0.2, 0.25) is 0 Å². The van der Waals surface area contributed by atoms with Gasteiger partial charge in [0.15, 0.2) is 0 Å². The smallest absolute Gasteiger partial charge is 0.0372 e. The van der Waals surface area contributed by atoms with Crippen molar-refractivity contribution in [3.05, 3.63) is 24.3 Å². The third-order valence-electron chi connectivity index (χ3n) is 1.55. The minimum Gasteiger partial charge on any atom is -0.293 e. The molecule has 1 nitrogen and oxygen atoms in total. The maximum absolute atomic E-state index is 4.17. The van der Waals surface area contributed by atoms with Crippen LogP contribution in [0.5, 0.6) is 0 Å². The molecule has 0 aliphatic rings. The molecule has 0 aromatic carbocycles. The first kappa shape index (κ1) is 10.2. The van der Waals surface area contributed by atoms with Crippen LogP contribution in [0.3, 0.4) is 0 Å². The molecule has 0 radical (unpaired) electrons. The first-order valence-corrected chi connectivity index (χ1v) is 3.89. The minimum absolute atomic E-state index is 0.495. The summed E-state index contributed by atoms with van der Waals surface area (Å²) in [5, 5.41) is 0. The molecule has 62 valence electrons. The zero-order valence-corrected chi connectivity index (χ0v) is 7.89. The van der Waals surface area contributed by atoms with E-state index in [-0.39, 0.29) is 0 Å². The Balaban J connectivity index is 4.44. The van der Waals surface area contributed by atoms with E-state index in [0.29, 0.717) is 5.92 Å². The van der Waals surface area contributed by atoms with Crippen molar-refractivity contribution in [1.82, 2.24) is 0 Å². The molecule has 0 unspecified atom stereocenters. The van der Waals surface area contributed by atoms with Crippen molar-refractivity contribution >= 4 is 5.71 Å². The van der Waals surface area contributed by atoms with Gasteiger partial charge in [0.25, 0.3) is 0 Å². The van der Waals surface area contributed by atoms with E-state index >= 15 is 0 Å². The molecular formula is C10H17N. The van der Waals surface area contributed by atoms with E-state index in [9.17, 15) is 0 Å². The molecule has 0 atom stereocenters. The first-order chi connectivity index (χ1) is 5.11. The third-order valence-corrected chi connectivity index (χ3v) is 1.55. The van der Waals surface area contributed by atoms with Gasteiger partial charge in [0.05, 0.1) is 0 Å². The highest BCUT2D eigenvalue weighted by molar-refractivity contribution is 5.97. The quantitative estimate of drug-likeness (QED) is 0.434. The molecule has 0 aliphatic heterocycles. The second kappa shape index (κ2) is 4.89. The normalized spacial score (nSPS) is 13.9. The number of hydrogen-bond acceptors (Lipinski definition) is 1. The number of rotatable bonds is 3. The molecule has 0 heterocycles. The van der Waals surface area contributed by atoms with Gasteiger partial charge >= 0.3 is 0 Å². The molecule has 0 aromatic rings. The van der Waals surface area contributed by atoms with Crippen molar-refractivity contribution in [3.63, 3.8) is 0 Å². The Morgan fingerprint density at radius 3 is 2.27 bits per heavy atom. The molecule has 0 aliphatic carbocycles. The highest BCUT2D eigenvalue weighted by atomic mass is 14.7. The molecule has 0 N–H and O–H groups in total. The van der Waals surface area contributed by atoms with Gasteiger partial charge < -0.3 is 0 Å². The van der Waals surface area contributed by atoms with Gasteiger partial charge in [0.2, 0.25) is 0 Å². The van der Waals surface area contributed by atoms with Crippen LogP contribution in [0, 0.1) is 5.92 Å². The Morgan fingerprint density at radius 2 is 2.00 bits per heavy atom. The fourth-order valence-electron chi connectivity index (χ4n) is 0.782. The molecule has 0 amide bonds. The summed E-state index contributed by atoms with van der Waals surface area (Å²) < 4.78 is 0. The predicted molar refractivity (Wildman–Crippen MR) is 52.2 cm³/mol. The third kappa shape index (κ3) is 3.76. The van der Waals surface area contributed by atoms with Crippen LogP contribution >= 0.6 is 0 Å². The molecular weight excluding hydrogens is 134 g/mol. The zero-order valence-electron chi connectivity index (χ0n) is 7.89. The molecule has 11 heavy (non-hydrogen) atoms. The highest BCUT2D eigenvalue weighted by Gasteiger charge is 1.99. The summed E-state index contributed by atoms with van der Waals surface area (Å²) in [6.07, 6.45) is 3.91. The average Bonchev–Trinajstić information content (AvgIpc) is 1.99. The topological polar surface area (TPSA) is 12.4 Å². The Kier molecular flexibility index (Phi) is 4.51. The summed E-state index contributed by atoms with van der Waals surface area (Å²) in [5.41, 5.74) is 2.29. The lowest BCUT2D eigenvalue weighted by Gasteiger charge is -2.03. The number of hydrogen-bond donors (Lipinski definition) is 0. The molecule has 0 rings (SSSR count). The van der Waals surface area contributed by atoms with E-state index in [1.54, 1.807) is 0 Å². The Bertz CT molecular complexity index is 185. The van der Waals surface area contributed by atoms with Gasteiger partial charge in [-0.2, -0.15) is 0 Å². The lowest BCUT2D eigenvalue weighted by atomic mass is 10.1. The van der Waals surface area contributed by atoms with Crippen LogP contribution in [0.15, 0.2) is 29.3 Å². The Morgan fingerprint density at radius 1 is 1.45 bits per heavy atom. The molecule has 0 aromatic heterocycles. The number of nitrogens with zero attached hydrogens (tertiary/aromatic N) is 1. The summed E-state index contributed by atoms with van der Waals surface area (Å²) in [7, 11) is 1.82. The largest absolute Gasteiger partial charge is 0.293 e. The van der Waals surface area contributed by atoms with Crippen molar-refractivity contribution in [1.29, 1.82) is 0 Å². The van der Waals surface area contributed by atoms with Gasteiger partial charge in [0, 0.05) is 12.8 Å². The zero-order chi connectivity index (χ0) is 8.85. The van der Waals surface area contributed by atoms with Crippen molar-refractivity contribution in [2.45, 2.75) is 20.8 Å². The van der Waals surface area contributed by atoms with Gasteiger partial charge in [-0.05, 0) is 24.5 Å². The lowest BCUT2D eigenvalue weighted by molar-refractivity contribution is 0.885. The molecule has 0 spiro atoms.